The van der Waals surface area contributed by atoms with Gasteiger partial charge in [-0.1, -0.05) is 13.3 Å². The normalized spacial score (nSPS) is 14.8. The van der Waals surface area contributed by atoms with Crippen molar-refractivity contribution in [1.29, 1.82) is 0 Å². The molecule has 4 heteroatoms. The molecule has 0 amide bonds. The van der Waals surface area contributed by atoms with Crippen LogP contribution in [0.2, 0.25) is 0 Å². The van der Waals surface area contributed by atoms with Crippen molar-refractivity contribution < 1.29 is 0 Å². The van der Waals surface area contributed by atoms with Crippen molar-refractivity contribution in [3.8, 4) is 0 Å². The Balaban J connectivity index is 2.33. The summed E-state index contributed by atoms with van der Waals surface area (Å²) in [7, 11) is 1.94. The van der Waals surface area contributed by atoms with Crippen LogP contribution in [0.3, 0.4) is 0 Å². The van der Waals surface area contributed by atoms with E-state index >= 15 is 0 Å². The van der Waals surface area contributed by atoms with Crippen LogP contribution in [-0.2, 0) is 6.42 Å². The molecule has 1 heterocycles. The van der Waals surface area contributed by atoms with Crippen molar-refractivity contribution in [2.45, 2.75) is 52.5 Å². The van der Waals surface area contributed by atoms with Crippen LogP contribution in [0.1, 0.15) is 45.6 Å². The van der Waals surface area contributed by atoms with Crippen LogP contribution in [0.5, 0.6) is 0 Å². The summed E-state index contributed by atoms with van der Waals surface area (Å²) in [6.45, 7) is 7.84. The van der Waals surface area contributed by atoms with Crippen LogP contribution >= 0.6 is 0 Å². The summed E-state index contributed by atoms with van der Waals surface area (Å²) in [5, 5.41) is 3.21. The Morgan fingerprint density at radius 1 is 1.37 bits per heavy atom. The van der Waals surface area contributed by atoms with Gasteiger partial charge in [0.15, 0.2) is 0 Å². The van der Waals surface area contributed by atoms with Crippen molar-refractivity contribution in [2.75, 3.05) is 23.8 Å². The minimum absolute atomic E-state index is 0.482. The van der Waals surface area contributed by atoms with Gasteiger partial charge in [-0.25, -0.2) is 9.97 Å². The molecule has 1 saturated carbocycles. The van der Waals surface area contributed by atoms with Crippen LogP contribution < -0.4 is 10.2 Å². The van der Waals surface area contributed by atoms with Crippen LogP contribution in [0.15, 0.2) is 6.33 Å². The molecule has 106 valence electrons. The highest BCUT2D eigenvalue weighted by molar-refractivity contribution is 5.59. The minimum Gasteiger partial charge on any atom is -0.373 e. The van der Waals surface area contributed by atoms with Gasteiger partial charge in [0.1, 0.15) is 18.0 Å². The Morgan fingerprint density at radius 2 is 2.11 bits per heavy atom. The standard InChI is InChI=1S/C15H26N4/c1-5-6-13-14(16-4)17-10-18-15(13)19(11(2)3)9-12-7-8-12/h10-12H,5-9H2,1-4H3,(H,16,17,18). The quantitative estimate of drug-likeness (QED) is 0.820. The van der Waals surface area contributed by atoms with E-state index in [0.717, 1.165) is 36.9 Å². The Labute approximate surface area is 116 Å². The third-order valence-electron chi connectivity index (χ3n) is 3.71. The van der Waals surface area contributed by atoms with Gasteiger partial charge in [-0.05, 0) is 39.0 Å². The first-order valence-electron chi connectivity index (χ1n) is 7.45. The molecule has 0 radical (unpaired) electrons. The van der Waals surface area contributed by atoms with E-state index in [1.54, 1.807) is 6.33 Å². The van der Waals surface area contributed by atoms with E-state index < -0.39 is 0 Å². The lowest BCUT2D eigenvalue weighted by atomic mass is 10.1. The van der Waals surface area contributed by atoms with E-state index in [1.807, 2.05) is 7.05 Å². The average Bonchev–Trinajstić information content (AvgIpc) is 3.20. The second-order valence-electron chi connectivity index (χ2n) is 5.71. The fraction of sp³-hybridized carbons (Fsp3) is 0.733. The van der Waals surface area contributed by atoms with Crippen molar-refractivity contribution in [3.05, 3.63) is 11.9 Å². The lowest BCUT2D eigenvalue weighted by Gasteiger charge is -2.30. The predicted molar refractivity (Wildman–Crippen MR) is 80.8 cm³/mol. The average molecular weight is 262 g/mol. The highest BCUT2D eigenvalue weighted by atomic mass is 15.2. The zero-order valence-corrected chi connectivity index (χ0v) is 12.6. The van der Waals surface area contributed by atoms with Gasteiger partial charge in [0.2, 0.25) is 0 Å². The van der Waals surface area contributed by atoms with Gasteiger partial charge < -0.3 is 10.2 Å². The summed E-state index contributed by atoms with van der Waals surface area (Å²) >= 11 is 0. The molecule has 0 bridgehead atoms. The lowest BCUT2D eigenvalue weighted by Crippen LogP contribution is -2.34. The highest BCUT2D eigenvalue weighted by Gasteiger charge is 2.27. The molecule has 0 aliphatic heterocycles. The summed E-state index contributed by atoms with van der Waals surface area (Å²) in [6, 6.07) is 0.482. The molecule has 0 spiro atoms. The van der Waals surface area contributed by atoms with Crippen molar-refractivity contribution in [3.63, 3.8) is 0 Å². The van der Waals surface area contributed by atoms with Gasteiger partial charge in [-0.2, -0.15) is 0 Å². The summed E-state index contributed by atoms with van der Waals surface area (Å²) in [5.41, 5.74) is 1.27. The Hall–Kier alpha value is -1.32. The lowest BCUT2D eigenvalue weighted by molar-refractivity contribution is 0.631. The number of anilines is 2. The molecule has 1 aromatic heterocycles. The van der Waals surface area contributed by atoms with E-state index in [4.69, 9.17) is 0 Å². The fourth-order valence-electron chi connectivity index (χ4n) is 2.47. The minimum atomic E-state index is 0.482. The molecule has 0 aromatic carbocycles. The van der Waals surface area contributed by atoms with Gasteiger partial charge in [0, 0.05) is 25.2 Å². The van der Waals surface area contributed by atoms with Crippen LogP contribution in [0.4, 0.5) is 11.6 Å². The largest absolute Gasteiger partial charge is 0.373 e. The Kier molecular flexibility index (Phi) is 4.61. The van der Waals surface area contributed by atoms with Gasteiger partial charge in [0.25, 0.3) is 0 Å². The molecule has 4 nitrogen and oxygen atoms in total. The molecular weight excluding hydrogens is 236 g/mol. The summed E-state index contributed by atoms with van der Waals surface area (Å²) in [6.07, 6.45) is 6.57. The summed E-state index contributed by atoms with van der Waals surface area (Å²) < 4.78 is 0. The molecular formula is C15H26N4. The first kappa shape index (κ1) is 14.1. The van der Waals surface area contributed by atoms with Crippen LogP contribution in [0.25, 0.3) is 0 Å². The number of aromatic nitrogens is 2. The molecule has 1 aromatic rings. The molecule has 2 rings (SSSR count). The number of nitrogens with zero attached hydrogens (tertiary/aromatic N) is 3. The second kappa shape index (κ2) is 6.22. The summed E-state index contributed by atoms with van der Waals surface area (Å²) in [4.78, 5) is 11.4. The molecule has 0 saturated heterocycles. The maximum absolute atomic E-state index is 4.58. The third kappa shape index (κ3) is 3.37. The van der Waals surface area contributed by atoms with Crippen LogP contribution in [-0.4, -0.2) is 29.6 Å². The molecule has 0 unspecified atom stereocenters. The van der Waals surface area contributed by atoms with Crippen LogP contribution in [0, 0.1) is 5.92 Å². The number of rotatable bonds is 7. The van der Waals surface area contributed by atoms with E-state index in [0.29, 0.717) is 6.04 Å². The summed E-state index contributed by atoms with van der Waals surface area (Å²) in [5.74, 6) is 2.97. The fourth-order valence-corrected chi connectivity index (χ4v) is 2.47. The molecule has 0 atom stereocenters. The SMILES string of the molecule is CCCc1c(NC)ncnc1N(CC1CC1)C(C)C. The van der Waals surface area contributed by atoms with Gasteiger partial charge >= 0.3 is 0 Å². The van der Waals surface area contributed by atoms with Crippen molar-refractivity contribution in [1.82, 2.24) is 9.97 Å². The van der Waals surface area contributed by atoms with E-state index in [1.165, 1.54) is 18.4 Å². The van der Waals surface area contributed by atoms with E-state index in [2.05, 4.69) is 41.0 Å². The first-order valence-corrected chi connectivity index (χ1v) is 7.45. The van der Waals surface area contributed by atoms with Gasteiger partial charge in [-0.3, -0.25) is 0 Å². The maximum Gasteiger partial charge on any atom is 0.137 e. The van der Waals surface area contributed by atoms with E-state index in [9.17, 15) is 0 Å². The van der Waals surface area contributed by atoms with E-state index in [-0.39, 0.29) is 0 Å². The van der Waals surface area contributed by atoms with Gasteiger partial charge in [-0.15, -0.1) is 0 Å². The predicted octanol–water partition coefficient (Wildman–Crippen LogP) is 3.10. The topological polar surface area (TPSA) is 41.1 Å². The zero-order chi connectivity index (χ0) is 13.8. The molecule has 1 N–H and O–H groups in total. The third-order valence-corrected chi connectivity index (χ3v) is 3.71. The zero-order valence-electron chi connectivity index (χ0n) is 12.6. The second-order valence-corrected chi connectivity index (χ2v) is 5.71. The highest BCUT2D eigenvalue weighted by Crippen LogP contribution is 2.34. The molecule has 1 fully saturated rings. The molecule has 19 heavy (non-hydrogen) atoms. The van der Waals surface area contributed by atoms with Crippen molar-refractivity contribution >= 4 is 11.6 Å². The number of hydrogen-bond donors (Lipinski definition) is 1. The number of nitrogens with one attached hydrogen (secondary N) is 1. The molecule has 1 aliphatic rings. The maximum atomic E-state index is 4.58. The Bertz CT molecular complexity index is 413. The first-order chi connectivity index (χ1) is 9.17. The smallest absolute Gasteiger partial charge is 0.137 e. The van der Waals surface area contributed by atoms with Crippen molar-refractivity contribution in [2.24, 2.45) is 5.92 Å². The number of hydrogen-bond acceptors (Lipinski definition) is 4. The van der Waals surface area contributed by atoms with Gasteiger partial charge in [0.05, 0.1) is 0 Å². The molecule has 1 aliphatic carbocycles. The monoisotopic (exact) mass is 262 g/mol. The Morgan fingerprint density at radius 3 is 2.63 bits per heavy atom.